The summed E-state index contributed by atoms with van der Waals surface area (Å²) in [6.45, 7) is 0.101. The molecule has 0 saturated heterocycles. The van der Waals surface area contributed by atoms with Crippen LogP contribution in [0.1, 0.15) is 16.5 Å². The molecule has 0 saturated carbocycles. The van der Waals surface area contributed by atoms with Crippen LogP contribution >= 0.6 is 11.3 Å². The number of carboxylic acid groups (broad SMARTS) is 1. The molecule has 0 aliphatic rings. The Morgan fingerprint density at radius 3 is 2.55 bits per heavy atom. The van der Waals surface area contributed by atoms with Crippen molar-refractivity contribution in [3.63, 3.8) is 0 Å². The van der Waals surface area contributed by atoms with Crippen LogP contribution in [0.4, 0.5) is 4.79 Å². The van der Waals surface area contributed by atoms with Crippen LogP contribution in [0, 0.1) is 0 Å². The Morgan fingerprint density at radius 1 is 1.20 bits per heavy atom. The van der Waals surface area contributed by atoms with Crippen LogP contribution in [-0.4, -0.2) is 17.2 Å². The van der Waals surface area contributed by atoms with E-state index in [0.717, 1.165) is 5.56 Å². The van der Waals surface area contributed by atoms with E-state index in [4.69, 9.17) is 9.84 Å². The lowest BCUT2D eigenvalue weighted by atomic mass is 10.2. The van der Waals surface area contributed by atoms with Crippen LogP contribution in [0.5, 0.6) is 0 Å². The predicted molar refractivity (Wildman–Crippen MR) is 74.5 cm³/mol. The molecule has 2 rings (SSSR count). The Labute approximate surface area is 119 Å². The molecule has 0 radical (unpaired) electrons. The number of carbonyl (C=O) groups excluding carboxylic acids is 1. The van der Waals surface area contributed by atoms with Gasteiger partial charge in [-0.1, -0.05) is 36.4 Å². The first kappa shape index (κ1) is 14.1. The summed E-state index contributed by atoms with van der Waals surface area (Å²) < 4.78 is 5.00. The quantitative estimate of drug-likeness (QED) is 0.888. The number of thiophene rings is 1. The third kappa shape index (κ3) is 3.83. The van der Waals surface area contributed by atoms with E-state index in [9.17, 15) is 9.59 Å². The van der Waals surface area contributed by atoms with Gasteiger partial charge in [0, 0.05) is 4.88 Å². The molecule has 2 N–H and O–H groups in total. The zero-order chi connectivity index (χ0) is 14.4. The number of alkyl carbamates (subject to hydrolysis) is 1. The van der Waals surface area contributed by atoms with Crippen molar-refractivity contribution in [2.24, 2.45) is 0 Å². The molecule has 0 fully saturated rings. The number of hydrogen-bond acceptors (Lipinski definition) is 4. The molecule has 20 heavy (non-hydrogen) atoms. The van der Waals surface area contributed by atoms with Gasteiger partial charge in [0.2, 0.25) is 0 Å². The number of hydrogen-bond donors (Lipinski definition) is 2. The first-order chi connectivity index (χ1) is 9.66. The van der Waals surface area contributed by atoms with E-state index in [1.165, 1.54) is 11.3 Å². The maximum Gasteiger partial charge on any atom is 0.408 e. The summed E-state index contributed by atoms with van der Waals surface area (Å²) >= 11 is 1.26. The maximum atomic E-state index is 11.6. The monoisotopic (exact) mass is 291 g/mol. The second-order valence-electron chi connectivity index (χ2n) is 3.99. The van der Waals surface area contributed by atoms with Crippen molar-refractivity contribution in [1.29, 1.82) is 0 Å². The van der Waals surface area contributed by atoms with Crippen molar-refractivity contribution >= 4 is 23.4 Å². The maximum absolute atomic E-state index is 11.6. The Hall–Kier alpha value is -2.34. The Kier molecular flexibility index (Phi) is 4.73. The van der Waals surface area contributed by atoms with E-state index in [0.29, 0.717) is 4.88 Å². The number of rotatable bonds is 5. The van der Waals surface area contributed by atoms with Gasteiger partial charge in [0.1, 0.15) is 6.61 Å². The highest BCUT2D eigenvalue weighted by Gasteiger charge is 2.23. The number of nitrogens with one attached hydrogen (secondary N) is 1. The minimum absolute atomic E-state index is 0.101. The van der Waals surface area contributed by atoms with Gasteiger partial charge in [-0.2, -0.15) is 0 Å². The van der Waals surface area contributed by atoms with Crippen LogP contribution in [0.15, 0.2) is 47.8 Å². The van der Waals surface area contributed by atoms with E-state index in [-0.39, 0.29) is 6.61 Å². The molecule has 2 aromatic rings. The molecule has 0 spiro atoms. The van der Waals surface area contributed by atoms with Gasteiger partial charge >= 0.3 is 12.1 Å². The zero-order valence-electron chi connectivity index (χ0n) is 10.5. The molecule has 1 aromatic carbocycles. The lowest BCUT2D eigenvalue weighted by Crippen LogP contribution is -2.33. The van der Waals surface area contributed by atoms with Crippen LogP contribution in [-0.2, 0) is 16.1 Å². The van der Waals surface area contributed by atoms with Crippen molar-refractivity contribution in [1.82, 2.24) is 5.32 Å². The smallest absolute Gasteiger partial charge is 0.408 e. The van der Waals surface area contributed by atoms with Crippen molar-refractivity contribution in [3.8, 4) is 0 Å². The zero-order valence-corrected chi connectivity index (χ0v) is 11.3. The number of amides is 1. The summed E-state index contributed by atoms with van der Waals surface area (Å²) in [4.78, 5) is 23.3. The average Bonchev–Trinajstić information content (AvgIpc) is 2.97. The van der Waals surface area contributed by atoms with E-state index in [1.807, 2.05) is 30.3 Å². The van der Waals surface area contributed by atoms with Crippen LogP contribution in [0.25, 0.3) is 0 Å². The molecule has 1 aromatic heterocycles. The molecule has 5 nitrogen and oxygen atoms in total. The fourth-order valence-electron chi connectivity index (χ4n) is 1.59. The normalized spacial score (nSPS) is 11.6. The van der Waals surface area contributed by atoms with E-state index in [2.05, 4.69) is 5.32 Å². The van der Waals surface area contributed by atoms with E-state index in [1.54, 1.807) is 17.5 Å². The highest BCUT2D eigenvalue weighted by Crippen LogP contribution is 2.19. The molecule has 0 bridgehead atoms. The molecular formula is C14H13NO4S. The minimum Gasteiger partial charge on any atom is -0.479 e. The Bertz CT molecular complexity index is 568. The van der Waals surface area contributed by atoms with Crippen molar-refractivity contribution in [2.45, 2.75) is 12.6 Å². The van der Waals surface area contributed by atoms with Gasteiger partial charge in [-0.25, -0.2) is 9.59 Å². The predicted octanol–water partition coefficient (Wildman–Crippen LogP) is 2.80. The molecule has 0 aliphatic carbocycles. The van der Waals surface area contributed by atoms with Gasteiger partial charge in [0.15, 0.2) is 6.04 Å². The molecule has 1 amide bonds. The topological polar surface area (TPSA) is 75.6 Å². The largest absolute Gasteiger partial charge is 0.479 e. The van der Waals surface area contributed by atoms with E-state index >= 15 is 0 Å². The number of aliphatic carboxylic acids is 1. The fourth-order valence-corrected chi connectivity index (χ4v) is 2.36. The molecule has 104 valence electrons. The lowest BCUT2D eigenvalue weighted by molar-refractivity contribution is -0.139. The fraction of sp³-hybridized carbons (Fsp3) is 0.143. The second-order valence-corrected chi connectivity index (χ2v) is 4.97. The Morgan fingerprint density at radius 2 is 1.95 bits per heavy atom. The number of carboxylic acids is 1. The highest BCUT2D eigenvalue weighted by molar-refractivity contribution is 7.10. The third-order valence-corrected chi connectivity index (χ3v) is 3.49. The van der Waals surface area contributed by atoms with Gasteiger partial charge in [-0.05, 0) is 17.0 Å². The Balaban J connectivity index is 1.91. The molecule has 6 heteroatoms. The van der Waals surface area contributed by atoms with Crippen LogP contribution < -0.4 is 5.32 Å². The first-order valence-corrected chi connectivity index (χ1v) is 6.78. The summed E-state index contributed by atoms with van der Waals surface area (Å²) in [5.41, 5.74) is 0.839. The number of benzene rings is 1. The lowest BCUT2D eigenvalue weighted by Gasteiger charge is -2.13. The number of ether oxygens (including phenoxy) is 1. The van der Waals surface area contributed by atoms with Gasteiger partial charge in [-0.3, -0.25) is 0 Å². The van der Waals surface area contributed by atoms with Gasteiger partial charge < -0.3 is 15.2 Å². The van der Waals surface area contributed by atoms with Gasteiger partial charge in [-0.15, -0.1) is 11.3 Å². The SMILES string of the molecule is O=C(N[C@@H](C(=O)O)c1cccs1)OCc1ccccc1. The molecule has 1 atom stereocenters. The van der Waals surface area contributed by atoms with E-state index < -0.39 is 18.1 Å². The van der Waals surface area contributed by atoms with Crippen LogP contribution in [0.2, 0.25) is 0 Å². The molecule has 1 heterocycles. The summed E-state index contributed by atoms with van der Waals surface area (Å²) in [6, 6.07) is 11.5. The minimum atomic E-state index is -1.12. The molecule has 0 aliphatic heterocycles. The summed E-state index contributed by atoms with van der Waals surface area (Å²) in [5, 5.41) is 13.2. The molecule has 0 unspecified atom stereocenters. The van der Waals surface area contributed by atoms with Gasteiger partial charge in [0.25, 0.3) is 0 Å². The summed E-state index contributed by atoms with van der Waals surface area (Å²) in [6.07, 6.45) is -0.755. The standard InChI is InChI=1S/C14H13NO4S/c16-13(17)12(11-7-4-8-20-11)15-14(18)19-9-10-5-2-1-3-6-10/h1-8,12H,9H2,(H,15,18)(H,16,17)/t12-/m1/s1. The second kappa shape index (κ2) is 6.72. The number of carbonyl (C=O) groups is 2. The van der Waals surface area contributed by atoms with Crippen molar-refractivity contribution < 1.29 is 19.4 Å². The van der Waals surface area contributed by atoms with Crippen LogP contribution in [0.3, 0.4) is 0 Å². The average molecular weight is 291 g/mol. The summed E-state index contributed by atoms with van der Waals surface area (Å²) in [5.74, 6) is -1.12. The first-order valence-electron chi connectivity index (χ1n) is 5.90. The molecular weight excluding hydrogens is 278 g/mol. The van der Waals surface area contributed by atoms with Gasteiger partial charge in [0.05, 0.1) is 0 Å². The highest BCUT2D eigenvalue weighted by atomic mass is 32.1. The van der Waals surface area contributed by atoms with Crippen molar-refractivity contribution in [2.75, 3.05) is 0 Å². The summed E-state index contributed by atoms with van der Waals surface area (Å²) in [7, 11) is 0. The third-order valence-electron chi connectivity index (χ3n) is 2.55. The van der Waals surface area contributed by atoms with Crippen molar-refractivity contribution in [3.05, 3.63) is 58.3 Å².